The molecule has 0 unspecified atom stereocenters. The highest BCUT2D eigenvalue weighted by molar-refractivity contribution is 7.89. The van der Waals surface area contributed by atoms with E-state index in [1.807, 2.05) is 42.1 Å². The number of nitrogens with one attached hydrogen (secondary N) is 2. The van der Waals surface area contributed by atoms with E-state index < -0.39 is 15.9 Å². The molecule has 8 nitrogen and oxygen atoms in total. The molecule has 2 aromatic carbocycles. The molecule has 3 aromatic rings. The third-order valence-corrected chi connectivity index (χ3v) is 6.33. The Morgan fingerprint density at radius 2 is 1.76 bits per heavy atom. The number of carbonyl (C=O) groups is 2. The number of amides is 2. The highest BCUT2D eigenvalue weighted by Crippen LogP contribution is 2.20. The Hall–Kier alpha value is -3.17. The zero-order valence-corrected chi connectivity index (χ0v) is 17.2. The van der Waals surface area contributed by atoms with Gasteiger partial charge in [-0.2, -0.15) is 0 Å². The maximum absolute atomic E-state index is 12.3. The first-order chi connectivity index (χ1) is 13.7. The van der Waals surface area contributed by atoms with Gasteiger partial charge in [-0.15, -0.1) is 0 Å². The van der Waals surface area contributed by atoms with E-state index in [1.165, 1.54) is 38.4 Å². The number of aryl methyl sites for hydroxylation is 1. The van der Waals surface area contributed by atoms with Crippen molar-refractivity contribution in [3.05, 3.63) is 65.9 Å². The Morgan fingerprint density at radius 1 is 1.03 bits per heavy atom. The van der Waals surface area contributed by atoms with E-state index in [0.29, 0.717) is 0 Å². The minimum absolute atomic E-state index is 0.00256. The summed E-state index contributed by atoms with van der Waals surface area (Å²) >= 11 is 0. The topological polar surface area (TPSA) is 101 Å². The molecular formula is C20H22N4O4S. The van der Waals surface area contributed by atoms with E-state index in [-0.39, 0.29) is 22.8 Å². The Morgan fingerprint density at radius 3 is 2.48 bits per heavy atom. The molecular weight excluding hydrogens is 392 g/mol. The summed E-state index contributed by atoms with van der Waals surface area (Å²) in [7, 11) is 1.07. The summed E-state index contributed by atoms with van der Waals surface area (Å²) in [6.45, 7) is 0. The van der Waals surface area contributed by atoms with Gasteiger partial charge in [0.1, 0.15) is 0 Å². The van der Waals surface area contributed by atoms with Crippen molar-refractivity contribution in [2.24, 2.45) is 7.05 Å². The minimum atomic E-state index is -3.66. The van der Waals surface area contributed by atoms with Crippen LogP contribution in [0.2, 0.25) is 0 Å². The number of nitrogens with zero attached hydrogens (tertiary/aromatic N) is 2. The molecule has 0 aliphatic heterocycles. The van der Waals surface area contributed by atoms with Crippen molar-refractivity contribution in [2.75, 3.05) is 14.1 Å². The predicted octanol–water partition coefficient (Wildman–Crippen LogP) is 1.43. The van der Waals surface area contributed by atoms with Crippen molar-refractivity contribution in [3.63, 3.8) is 0 Å². The monoisotopic (exact) mass is 414 g/mol. The number of fused-ring (bicyclic) bond motifs is 1. The lowest BCUT2D eigenvalue weighted by Crippen LogP contribution is -2.42. The van der Waals surface area contributed by atoms with Crippen molar-refractivity contribution in [2.45, 2.75) is 11.3 Å². The summed E-state index contributed by atoms with van der Waals surface area (Å²) in [5, 5.41) is 0.970. The van der Waals surface area contributed by atoms with Gasteiger partial charge in [-0.1, -0.05) is 24.3 Å². The Balaban J connectivity index is 1.67. The van der Waals surface area contributed by atoms with E-state index >= 15 is 0 Å². The highest BCUT2D eigenvalue weighted by Gasteiger charge is 2.19. The minimum Gasteiger partial charge on any atom is -0.350 e. The number of sulfonamides is 1. The molecule has 0 saturated carbocycles. The summed E-state index contributed by atoms with van der Waals surface area (Å²) in [5.74, 6) is -0.987. The molecule has 9 heteroatoms. The third-order valence-electron chi connectivity index (χ3n) is 4.52. The van der Waals surface area contributed by atoms with Gasteiger partial charge in [0.25, 0.3) is 5.91 Å². The van der Waals surface area contributed by atoms with Gasteiger partial charge in [0.05, 0.1) is 11.3 Å². The fourth-order valence-corrected chi connectivity index (χ4v) is 3.94. The Labute approximate surface area is 169 Å². The molecule has 0 aliphatic carbocycles. The van der Waals surface area contributed by atoms with Crippen molar-refractivity contribution in [1.82, 2.24) is 19.7 Å². The molecule has 0 fully saturated rings. The quantitative estimate of drug-likeness (QED) is 0.617. The van der Waals surface area contributed by atoms with Crippen molar-refractivity contribution >= 4 is 32.7 Å². The molecule has 2 amide bonds. The van der Waals surface area contributed by atoms with Crippen LogP contribution in [0.1, 0.15) is 15.9 Å². The van der Waals surface area contributed by atoms with Crippen LogP contribution in [-0.2, 0) is 28.3 Å². The molecule has 2 N–H and O–H groups in total. The van der Waals surface area contributed by atoms with E-state index in [0.717, 1.165) is 20.8 Å². The normalized spacial score (nSPS) is 11.6. The SMILES string of the molecule is CN(C)S(=O)(=O)c1cccc(C(=O)NNC(=O)Cc2cn(C)c3ccccc23)c1. The van der Waals surface area contributed by atoms with Crippen LogP contribution in [-0.4, -0.2) is 43.2 Å². The number of hydrazine groups is 1. The molecule has 1 aromatic heterocycles. The summed E-state index contributed by atoms with van der Waals surface area (Å²) in [6.07, 6.45) is 1.97. The van der Waals surface area contributed by atoms with E-state index in [2.05, 4.69) is 10.9 Å². The van der Waals surface area contributed by atoms with Gasteiger partial charge >= 0.3 is 0 Å². The average Bonchev–Trinajstić information content (AvgIpc) is 3.02. The zero-order valence-electron chi connectivity index (χ0n) is 16.3. The smallest absolute Gasteiger partial charge is 0.269 e. The molecule has 0 radical (unpaired) electrons. The van der Waals surface area contributed by atoms with Crippen LogP contribution >= 0.6 is 0 Å². The number of hydrogen-bond acceptors (Lipinski definition) is 4. The highest BCUT2D eigenvalue weighted by atomic mass is 32.2. The molecule has 0 saturated heterocycles. The predicted molar refractivity (Wildman–Crippen MR) is 110 cm³/mol. The van der Waals surface area contributed by atoms with Gasteiger partial charge < -0.3 is 4.57 Å². The maximum atomic E-state index is 12.3. The molecule has 0 spiro atoms. The molecule has 0 bridgehead atoms. The standard InChI is InChI=1S/C20H22N4O4S/c1-23(2)29(27,28)16-8-6-7-14(11-16)20(26)22-21-19(25)12-15-13-24(3)18-10-5-4-9-17(15)18/h4-11,13H,12H2,1-3H3,(H,21,25)(H,22,26). The summed E-state index contributed by atoms with van der Waals surface area (Å²) in [5.41, 5.74) is 6.68. The summed E-state index contributed by atoms with van der Waals surface area (Å²) in [6, 6.07) is 13.4. The summed E-state index contributed by atoms with van der Waals surface area (Å²) in [4.78, 5) is 24.6. The van der Waals surface area contributed by atoms with Crippen LogP contribution in [0.25, 0.3) is 10.9 Å². The third kappa shape index (κ3) is 4.30. The van der Waals surface area contributed by atoms with Gasteiger partial charge in [0.2, 0.25) is 15.9 Å². The molecule has 29 heavy (non-hydrogen) atoms. The lowest BCUT2D eigenvalue weighted by Gasteiger charge is -2.12. The van der Waals surface area contributed by atoms with Gasteiger partial charge in [-0.3, -0.25) is 20.4 Å². The first-order valence-electron chi connectivity index (χ1n) is 8.85. The number of aromatic nitrogens is 1. The first-order valence-corrected chi connectivity index (χ1v) is 10.3. The van der Waals surface area contributed by atoms with E-state index in [4.69, 9.17) is 0 Å². The van der Waals surface area contributed by atoms with Gasteiger partial charge in [-0.05, 0) is 29.8 Å². The lowest BCUT2D eigenvalue weighted by atomic mass is 10.1. The summed E-state index contributed by atoms with van der Waals surface area (Å²) < 4.78 is 27.4. The van der Waals surface area contributed by atoms with Crippen molar-refractivity contribution in [1.29, 1.82) is 0 Å². The first kappa shape index (κ1) is 20.6. The van der Waals surface area contributed by atoms with Crippen LogP contribution in [0.3, 0.4) is 0 Å². The zero-order chi connectivity index (χ0) is 21.2. The number of para-hydroxylation sites is 1. The van der Waals surface area contributed by atoms with Gasteiger partial charge in [0.15, 0.2) is 0 Å². The van der Waals surface area contributed by atoms with Crippen molar-refractivity contribution in [3.8, 4) is 0 Å². The van der Waals surface area contributed by atoms with Crippen LogP contribution < -0.4 is 10.9 Å². The van der Waals surface area contributed by atoms with Gasteiger partial charge in [0, 0.05) is 43.8 Å². The second-order valence-corrected chi connectivity index (χ2v) is 8.93. The number of hydrogen-bond donors (Lipinski definition) is 2. The van der Waals surface area contributed by atoms with Crippen LogP contribution in [0.5, 0.6) is 0 Å². The fourth-order valence-electron chi connectivity index (χ4n) is 2.99. The fraction of sp³-hybridized carbons (Fsp3) is 0.200. The molecule has 0 aliphatic rings. The largest absolute Gasteiger partial charge is 0.350 e. The van der Waals surface area contributed by atoms with E-state index in [9.17, 15) is 18.0 Å². The second kappa shape index (κ2) is 8.06. The van der Waals surface area contributed by atoms with E-state index in [1.54, 1.807) is 0 Å². The van der Waals surface area contributed by atoms with Gasteiger partial charge in [-0.25, -0.2) is 12.7 Å². The number of carbonyl (C=O) groups excluding carboxylic acids is 2. The average molecular weight is 414 g/mol. The van der Waals surface area contributed by atoms with Crippen LogP contribution in [0.15, 0.2) is 59.6 Å². The van der Waals surface area contributed by atoms with Crippen LogP contribution in [0.4, 0.5) is 0 Å². The Kier molecular flexibility index (Phi) is 5.71. The maximum Gasteiger partial charge on any atom is 0.269 e. The second-order valence-electron chi connectivity index (χ2n) is 6.78. The molecule has 3 rings (SSSR count). The Bertz CT molecular complexity index is 1180. The lowest BCUT2D eigenvalue weighted by molar-refractivity contribution is -0.121. The van der Waals surface area contributed by atoms with Crippen LogP contribution in [0, 0.1) is 0 Å². The van der Waals surface area contributed by atoms with Crippen molar-refractivity contribution < 1.29 is 18.0 Å². The molecule has 1 heterocycles. The molecule has 152 valence electrons. The molecule has 0 atom stereocenters. The number of rotatable bonds is 5. The number of benzene rings is 2.